The van der Waals surface area contributed by atoms with Crippen LogP contribution < -0.4 is 10.1 Å². The summed E-state index contributed by atoms with van der Waals surface area (Å²) in [4.78, 5) is 8.87. The van der Waals surface area contributed by atoms with Crippen molar-refractivity contribution in [2.24, 2.45) is 0 Å². The number of ether oxygens (including phenoxy) is 1. The number of rotatable bonds is 4. The molecule has 0 amide bonds. The van der Waals surface area contributed by atoms with Gasteiger partial charge < -0.3 is 10.1 Å². The summed E-state index contributed by atoms with van der Waals surface area (Å²) < 4.78 is 5.51. The molecule has 0 aliphatic heterocycles. The molecule has 4 aromatic rings. The van der Waals surface area contributed by atoms with Crippen LogP contribution in [0.3, 0.4) is 0 Å². The van der Waals surface area contributed by atoms with Gasteiger partial charge in [0.1, 0.15) is 5.75 Å². The normalized spacial score (nSPS) is 10.7. The van der Waals surface area contributed by atoms with E-state index in [-0.39, 0.29) is 0 Å². The number of hydrogen-bond donors (Lipinski definition) is 1. The van der Waals surface area contributed by atoms with Crippen molar-refractivity contribution < 1.29 is 4.74 Å². The average Bonchev–Trinajstić information content (AvgIpc) is 2.68. The zero-order valence-electron chi connectivity index (χ0n) is 14.1. The zero-order valence-corrected chi connectivity index (χ0v) is 14.9. The lowest BCUT2D eigenvalue weighted by molar-refractivity contribution is 0.420. The van der Waals surface area contributed by atoms with Crippen molar-refractivity contribution in [3.8, 4) is 17.0 Å². The summed E-state index contributed by atoms with van der Waals surface area (Å²) in [5.41, 5.74) is 4.55. The Morgan fingerprint density at radius 3 is 2.62 bits per heavy atom. The number of pyridine rings is 2. The van der Waals surface area contributed by atoms with E-state index in [2.05, 4.69) is 15.3 Å². The maximum absolute atomic E-state index is 6.10. The fraction of sp³-hybridized carbons (Fsp3) is 0.0476. The quantitative estimate of drug-likeness (QED) is 0.506. The molecule has 4 rings (SSSR count). The maximum Gasteiger partial charge on any atom is 0.130 e. The Hall–Kier alpha value is -3.11. The van der Waals surface area contributed by atoms with Gasteiger partial charge in [0.15, 0.2) is 0 Å². The third-order valence-corrected chi connectivity index (χ3v) is 4.34. The van der Waals surface area contributed by atoms with E-state index in [1.165, 1.54) is 0 Å². The molecule has 0 atom stereocenters. The van der Waals surface area contributed by atoms with Crippen LogP contribution in [-0.2, 0) is 0 Å². The van der Waals surface area contributed by atoms with E-state index in [1.54, 1.807) is 19.5 Å². The first-order valence-electron chi connectivity index (χ1n) is 8.15. The first-order valence-corrected chi connectivity index (χ1v) is 8.53. The van der Waals surface area contributed by atoms with E-state index in [0.29, 0.717) is 5.02 Å². The summed E-state index contributed by atoms with van der Waals surface area (Å²) in [6.07, 6.45) is 3.56. The summed E-state index contributed by atoms with van der Waals surface area (Å²) in [6.45, 7) is 0. The molecule has 4 nitrogen and oxygen atoms in total. The van der Waals surface area contributed by atoms with Crippen molar-refractivity contribution in [1.29, 1.82) is 0 Å². The highest BCUT2D eigenvalue weighted by molar-refractivity contribution is 6.30. The van der Waals surface area contributed by atoms with Crippen LogP contribution in [0.1, 0.15) is 0 Å². The van der Waals surface area contributed by atoms with E-state index in [0.717, 1.165) is 39.3 Å². The second-order valence-electron chi connectivity index (χ2n) is 5.78. The number of benzene rings is 2. The fourth-order valence-electron chi connectivity index (χ4n) is 2.92. The first-order chi connectivity index (χ1) is 12.7. The van der Waals surface area contributed by atoms with E-state index < -0.39 is 0 Å². The van der Waals surface area contributed by atoms with Crippen molar-refractivity contribution in [2.75, 3.05) is 12.4 Å². The number of nitrogens with zero attached hydrogens (tertiary/aromatic N) is 2. The van der Waals surface area contributed by atoms with Gasteiger partial charge in [-0.1, -0.05) is 29.8 Å². The lowest BCUT2D eigenvalue weighted by Crippen LogP contribution is -1.96. The molecule has 0 spiro atoms. The smallest absolute Gasteiger partial charge is 0.130 e. The summed E-state index contributed by atoms with van der Waals surface area (Å²) in [6, 6.07) is 19.3. The van der Waals surface area contributed by atoms with Crippen LogP contribution in [-0.4, -0.2) is 17.1 Å². The highest BCUT2D eigenvalue weighted by Crippen LogP contribution is 2.33. The van der Waals surface area contributed by atoms with Gasteiger partial charge in [0.05, 0.1) is 29.4 Å². The molecule has 0 saturated carbocycles. The molecule has 128 valence electrons. The molecule has 0 aliphatic carbocycles. The largest absolute Gasteiger partial charge is 0.496 e. The first kappa shape index (κ1) is 16.4. The predicted octanol–water partition coefficient (Wildman–Crippen LogP) is 5.70. The maximum atomic E-state index is 6.10. The van der Waals surface area contributed by atoms with Gasteiger partial charge in [-0.05, 0) is 42.5 Å². The summed E-state index contributed by atoms with van der Waals surface area (Å²) >= 11 is 6.10. The number of aromatic nitrogens is 2. The molecule has 5 heteroatoms. The minimum absolute atomic E-state index is 0.688. The van der Waals surface area contributed by atoms with Crippen molar-refractivity contribution in [2.45, 2.75) is 0 Å². The van der Waals surface area contributed by atoms with E-state index >= 15 is 0 Å². The summed E-state index contributed by atoms with van der Waals surface area (Å²) in [5, 5.41) is 5.08. The Morgan fingerprint density at radius 2 is 1.77 bits per heavy atom. The van der Waals surface area contributed by atoms with E-state index in [4.69, 9.17) is 16.3 Å². The average molecular weight is 362 g/mol. The highest BCUT2D eigenvalue weighted by Gasteiger charge is 2.09. The lowest BCUT2D eigenvalue weighted by Gasteiger charge is -2.13. The summed E-state index contributed by atoms with van der Waals surface area (Å²) in [7, 11) is 1.66. The van der Waals surface area contributed by atoms with Crippen LogP contribution >= 0.6 is 11.6 Å². The van der Waals surface area contributed by atoms with Crippen molar-refractivity contribution >= 4 is 33.9 Å². The van der Waals surface area contributed by atoms with Crippen LogP contribution in [0.5, 0.6) is 5.75 Å². The number of fused-ring (bicyclic) bond motifs is 1. The molecule has 1 N–H and O–H groups in total. The van der Waals surface area contributed by atoms with Gasteiger partial charge in [-0.15, -0.1) is 0 Å². The molecule has 0 unspecified atom stereocenters. The standard InChI is InChI=1S/C21H16ClN3O/c1-26-20-7-3-6-17-21(20)18(9-11-23-17)25-16-8-10-24-19(13-16)14-4-2-5-15(22)12-14/h2-13H,1H3,(H,23,24,25). The van der Waals surface area contributed by atoms with Crippen LogP contribution in [0.25, 0.3) is 22.2 Å². The van der Waals surface area contributed by atoms with E-state index in [9.17, 15) is 0 Å². The SMILES string of the molecule is COc1cccc2nccc(Nc3ccnc(-c4cccc(Cl)c4)c3)c12. The summed E-state index contributed by atoms with van der Waals surface area (Å²) in [5.74, 6) is 0.780. The third kappa shape index (κ3) is 3.19. The Kier molecular flexibility index (Phi) is 4.42. The minimum atomic E-state index is 0.688. The van der Waals surface area contributed by atoms with Crippen LogP contribution in [0, 0.1) is 0 Å². The van der Waals surface area contributed by atoms with Crippen molar-refractivity contribution in [3.05, 3.63) is 78.1 Å². The van der Waals surface area contributed by atoms with Gasteiger partial charge in [0, 0.05) is 28.7 Å². The molecule has 2 heterocycles. The van der Waals surface area contributed by atoms with Crippen LogP contribution in [0.4, 0.5) is 11.4 Å². The molecule has 2 aromatic heterocycles. The third-order valence-electron chi connectivity index (χ3n) is 4.11. The van der Waals surface area contributed by atoms with Gasteiger partial charge in [-0.3, -0.25) is 9.97 Å². The van der Waals surface area contributed by atoms with Gasteiger partial charge in [-0.25, -0.2) is 0 Å². The Labute approximate surface area is 156 Å². The second kappa shape index (κ2) is 7.02. The molecular weight excluding hydrogens is 346 g/mol. The Bertz CT molecular complexity index is 1080. The van der Waals surface area contributed by atoms with Gasteiger partial charge in [0.2, 0.25) is 0 Å². The Morgan fingerprint density at radius 1 is 0.923 bits per heavy atom. The minimum Gasteiger partial charge on any atom is -0.496 e. The number of halogens is 1. The topological polar surface area (TPSA) is 47.0 Å². The fourth-order valence-corrected chi connectivity index (χ4v) is 3.11. The lowest BCUT2D eigenvalue weighted by atomic mass is 10.1. The molecule has 0 saturated heterocycles. The number of hydrogen-bond acceptors (Lipinski definition) is 4. The molecule has 26 heavy (non-hydrogen) atoms. The van der Waals surface area contributed by atoms with Gasteiger partial charge >= 0.3 is 0 Å². The van der Waals surface area contributed by atoms with E-state index in [1.807, 2.05) is 60.7 Å². The van der Waals surface area contributed by atoms with Crippen LogP contribution in [0.2, 0.25) is 5.02 Å². The number of anilines is 2. The molecule has 0 bridgehead atoms. The van der Waals surface area contributed by atoms with Gasteiger partial charge in [0.25, 0.3) is 0 Å². The highest BCUT2D eigenvalue weighted by atomic mass is 35.5. The van der Waals surface area contributed by atoms with Crippen LogP contribution in [0.15, 0.2) is 73.1 Å². The molecular formula is C21H16ClN3O. The second-order valence-corrected chi connectivity index (χ2v) is 6.21. The molecule has 0 radical (unpaired) electrons. The Balaban J connectivity index is 1.75. The number of methoxy groups -OCH3 is 1. The zero-order chi connectivity index (χ0) is 17.9. The monoisotopic (exact) mass is 361 g/mol. The predicted molar refractivity (Wildman–Crippen MR) is 106 cm³/mol. The molecule has 2 aromatic carbocycles. The van der Waals surface area contributed by atoms with Crippen molar-refractivity contribution in [3.63, 3.8) is 0 Å². The van der Waals surface area contributed by atoms with Gasteiger partial charge in [-0.2, -0.15) is 0 Å². The van der Waals surface area contributed by atoms with Crippen molar-refractivity contribution in [1.82, 2.24) is 9.97 Å². The molecule has 0 aliphatic rings. The number of nitrogens with one attached hydrogen (secondary N) is 1. The molecule has 0 fully saturated rings.